The maximum atomic E-state index is 13.6. The molecule has 0 saturated carbocycles. The number of carboxylic acid groups (broad SMARTS) is 1. The molecule has 2 aliphatic heterocycles. The summed E-state index contributed by atoms with van der Waals surface area (Å²) in [7, 11) is 0. The molecule has 3 aromatic rings. The fourth-order valence-electron chi connectivity index (χ4n) is 6.10. The van der Waals surface area contributed by atoms with E-state index in [2.05, 4.69) is 9.80 Å². The van der Waals surface area contributed by atoms with Crippen LogP contribution in [0.3, 0.4) is 0 Å². The molecule has 5 rings (SSSR count). The maximum Gasteiger partial charge on any atom is 0.416 e. The first kappa shape index (κ1) is 29.3. The van der Waals surface area contributed by atoms with Gasteiger partial charge in [-0.25, -0.2) is 9.78 Å². The standard InChI is InChI=1S/C30H34F3N3O2.ClH/c1-2-20-8-7-11-24-26(29(37)38)25(19-35-16-12-23(13-17-35)36-14-4-3-5-15-36)28(34-27(20)24)21-9-6-10-22(18-21)30(31,32)33;/h6-11,18,23H,2-5,12-17,19H2,1H3,(H,37,38);1H. The smallest absolute Gasteiger partial charge is 0.416 e. The lowest BCUT2D eigenvalue weighted by molar-refractivity contribution is -0.137. The monoisotopic (exact) mass is 561 g/mol. The minimum atomic E-state index is -4.51. The van der Waals surface area contributed by atoms with Crippen LogP contribution in [0.2, 0.25) is 0 Å². The highest BCUT2D eigenvalue weighted by Crippen LogP contribution is 2.37. The number of alkyl halides is 3. The molecule has 2 saturated heterocycles. The Morgan fingerprint density at radius 3 is 2.36 bits per heavy atom. The number of aryl methyl sites for hydroxylation is 1. The molecule has 0 aliphatic carbocycles. The van der Waals surface area contributed by atoms with E-state index in [1.165, 1.54) is 25.3 Å². The van der Waals surface area contributed by atoms with Crippen molar-refractivity contribution in [3.8, 4) is 11.3 Å². The molecule has 0 atom stereocenters. The second-order valence-corrected chi connectivity index (χ2v) is 10.5. The number of carbonyl (C=O) groups is 1. The summed E-state index contributed by atoms with van der Waals surface area (Å²) in [5, 5.41) is 10.9. The van der Waals surface area contributed by atoms with Crippen LogP contribution in [0.4, 0.5) is 13.2 Å². The van der Waals surface area contributed by atoms with E-state index in [0.717, 1.165) is 56.7 Å². The van der Waals surface area contributed by atoms with Crippen LogP contribution in [0.1, 0.15) is 66.1 Å². The van der Waals surface area contributed by atoms with Gasteiger partial charge in [0.15, 0.2) is 0 Å². The van der Waals surface area contributed by atoms with Gasteiger partial charge in [-0.05, 0) is 76.0 Å². The Bertz CT molecular complexity index is 1320. The van der Waals surface area contributed by atoms with Crippen LogP contribution in [0, 0.1) is 0 Å². The zero-order valence-electron chi connectivity index (χ0n) is 22.1. The second-order valence-electron chi connectivity index (χ2n) is 10.5. The summed E-state index contributed by atoms with van der Waals surface area (Å²) in [6.07, 6.45) is 1.91. The van der Waals surface area contributed by atoms with E-state index in [-0.39, 0.29) is 23.5 Å². The predicted molar refractivity (Wildman–Crippen MR) is 149 cm³/mol. The Morgan fingerprint density at radius 2 is 1.72 bits per heavy atom. The molecule has 0 radical (unpaired) electrons. The van der Waals surface area contributed by atoms with Gasteiger partial charge in [0.25, 0.3) is 0 Å². The number of carboxylic acids is 1. The van der Waals surface area contributed by atoms with Crippen LogP contribution in [-0.4, -0.2) is 58.1 Å². The molecule has 0 amide bonds. The Kier molecular flexibility index (Phi) is 9.19. The molecule has 39 heavy (non-hydrogen) atoms. The quantitative estimate of drug-likeness (QED) is 0.349. The summed E-state index contributed by atoms with van der Waals surface area (Å²) in [6, 6.07) is 11.1. The number of piperidine rings is 2. The van der Waals surface area contributed by atoms with E-state index in [9.17, 15) is 23.1 Å². The summed E-state index contributed by atoms with van der Waals surface area (Å²) in [5.41, 5.74) is 1.85. The molecule has 1 N–H and O–H groups in total. The predicted octanol–water partition coefficient (Wildman–Crippen LogP) is 7.05. The minimum Gasteiger partial charge on any atom is -0.478 e. The van der Waals surface area contributed by atoms with Crippen molar-refractivity contribution in [2.24, 2.45) is 0 Å². The van der Waals surface area contributed by atoms with Crippen LogP contribution in [0.15, 0.2) is 42.5 Å². The van der Waals surface area contributed by atoms with Crippen LogP contribution < -0.4 is 0 Å². The topological polar surface area (TPSA) is 56.7 Å². The third-order valence-electron chi connectivity index (χ3n) is 8.10. The number of rotatable bonds is 6. The second kappa shape index (κ2) is 12.2. The van der Waals surface area contributed by atoms with Crippen LogP contribution >= 0.6 is 12.4 Å². The molecule has 0 unspecified atom stereocenters. The summed E-state index contributed by atoms with van der Waals surface area (Å²) in [6.45, 7) is 6.20. The summed E-state index contributed by atoms with van der Waals surface area (Å²) < 4.78 is 40.8. The molecule has 5 nitrogen and oxygen atoms in total. The number of likely N-dealkylation sites (tertiary alicyclic amines) is 2. The molecule has 9 heteroatoms. The van der Waals surface area contributed by atoms with Gasteiger partial charge in [-0.2, -0.15) is 13.2 Å². The lowest BCUT2D eigenvalue weighted by atomic mass is 9.93. The average Bonchev–Trinajstić information content (AvgIpc) is 2.92. The van der Waals surface area contributed by atoms with Gasteiger partial charge in [0.1, 0.15) is 0 Å². The van der Waals surface area contributed by atoms with Crippen LogP contribution in [-0.2, 0) is 19.1 Å². The minimum absolute atomic E-state index is 0. The lowest BCUT2D eigenvalue weighted by Crippen LogP contribution is -2.46. The first-order valence-corrected chi connectivity index (χ1v) is 13.6. The van der Waals surface area contributed by atoms with Crippen molar-refractivity contribution in [1.29, 1.82) is 0 Å². The van der Waals surface area contributed by atoms with E-state index in [1.807, 2.05) is 19.1 Å². The summed E-state index contributed by atoms with van der Waals surface area (Å²) in [4.78, 5) is 22.4. The Morgan fingerprint density at radius 1 is 1.03 bits per heavy atom. The maximum absolute atomic E-state index is 13.6. The number of hydrogen-bond donors (Lipinski definition) is 1. The number of aromatic nitrogens is 1. The number of pyridine rings is 1. The van der Waals surface area contributed by atoms with Crippen molar-refractivity contribution < 1.29 is 23.1 Å². The van der Waals surface area contributed by atoms with Gasteiger partial charge in [0, 0.05) is 29.1 Å². The van der Waals surface area contributed by atoms with Gasteiger partial charge >= 0.3 is 12.1 Å². The molecule has 2 aromatic carbocycles. The van der Waals surface area contributed by atoms with Crippen LogP contribution in [0.5, 0.6) is 0 Å². The van der Waals surface area contributed by atoms with E-state index in [4.69, 9.17) is 4.98 Å². The van der Waals surface area contributed by atoms with E-state index >= 15 is 0 Å². The average molecular weight is 562 g/mol. The Balaban J connectivity index is 0.00000353. The van der Waals surface area contributed by atoms with Gasteiger partial charge in [-0.3, -0.25) is 4.90 Å². The molecule has 2 aliphatic rings. The van der Waals surface area contributed by atoms with Crippen molar-refractivity contribution in [2.45, 2.75) is 64.2 Å². The van der Waals surface area contributed by atoms with Crippen molar-refractivity contribution >= 4 is 29.3 Å². The number of halogens is 4. The molecule has 3 heterocycles. The largest absolute Gasteiger partial charge is 0.478 e. The number of para-hydroxylation sites is 1. The fraction of sp³-hybridized carbons (Fsp3) is 0.467. The molecule has 0 spiro atoms. The van der Waals surface area contributed by atoms with E-state index < -0.39 is 17.7 Å². The van der Waals surface area contributed by atoms with Gasteiger partial charge in [-0.15, -0.1) is 12.4 Å². The van der Waals surface area contributed by atoms with E-state index in [0.29, 0.717) is 41.2 Å². The Hall–Kier alpha value is -2.68. The van der Waals surface area contributed by atoms with E-state index in [1.54, 1.807) is 12.1 Å². The number of nitrogens with zero attached hydrogens (tertiary/aromatic N) is 3. The number of fused-ring (bicyclic) bond motifs is 1. The third kappa shape index (κ3) is 6.23. The number of benzene rings is 2. The van der Waals surface area contributed by atoms with Crippen molar-refractivity contribution in [2.75, 3.05) is 26.2 Å². The summed E-state index contributed by atoms with van der Waals surface area (Å²) in [5.74, 6) is -1.09. The molecule has 0 bridgehead atoms. The fourth-order valence-corrected chi connectivity index (χ4v) is 6.10. The zero-order valence-corrected chi connectivity index (χ0v) is 23.0. The first-order chi connectivity index (χ1) is 18.3. The normalized spacial score (nSPS) is 17.7. The highest BCUT2D eigenvalue weighted by Gasteiger charge is 2.32. The first-order valence-electron chi connectivity index (χ1n) is 13.6. The molecule has 2 fully saturated rings. The highest BCUT2D eigenvalue weighted by atomic mass is 35.5. The molecular formula is C30H35ClF3N3O2. The molecule has 1 aromatic heterocycles. The number of hydrogen-bond acceptors (Lipinski definition) is 4. The number of aromatic carboxylic acids is 1. The SMILES string of the molecule is CCc1cccc2c(C(=O)O)c(CN3CCC(N4CCCCC4)CC3)c(-c3cccc(C(F)(F)F)c3)nc12.Cl. The van der Waals surface area contributed by atoms with Crippen LogP contribution in [0.25, 0.3) is 22.2 Å². The highest BCUT2D eigenvalue weighted by molar-refractivity contribution is 6.06. The summed E-state index contributed by atoms with van der Waals surface area (Å²) >= 11 is 0. The van der Waals surface area contributed by atoms with Gasteiger partial charge in [0.2, 0.25) is 0 Å². The Labute approximate surface area is 233 Å². The van der Waals surface area contributed by atoms with Gasteiger partial charge < -0.3 is 10.0 Å². The molecule has 210 valence electrons. The lowest BCUT2D eigenvalue weighted by Gasteiger charge is -2.40. The van der Waals surface area contributed by atoms with Crippen molar-refractivity contribution in [3.05, 3.63) is 64.7 Å². The van der Waals surface area contributed by atoms with Gasteiger partial charge in [-0.1, -0.05) is 43.7 Å². The van der Waals surface area contributed by atoms with Gasteiger partial charge in [0.05, 0.1) is 22.3 Å². The van der Waals surface area contributed by atoms with Crippen molar-refractivity contribution in [3.63, 3.8) is 0 Å². The molecular weight excluding hydrogens is 527 g/mol. The van der Waals surface area contributed by atoms with Crippen molar-refractivity contribution in [1.82, 2.24) is 14.8 Å². The zero-order chi connectivity index (χ0) is 26.9. The third-order valence-corrected chi connectivity index (χ3v) is 8.10.